The summed E-state index contributed by atoms with van der Waals surface area (Å²) < 4.78 is 5.14. The molecule has 1 fully saturated rings. The molecule has 1 aliphatic rings. The van der Waals surface area contributed by atoms with E-state index in [1.165, 1.54) is 44.9 Å². The van der Waals surface area contributed by atoms with Crippen LogP contribution in [0.1, 0.15) is 51.9 Å². The van der Waals surface area contributed by atoms with Gasteiger partial charge in [0.25, 0.3) is 0 Å². The highest BCUT2D eigenvalue weighted by molar-refractivity contribution is 4.70. The van der Waals surface area contributed by atoms with Crippen molar-refractivity contribution in [2.75, 3.05) is 20.3 Å². The molecular formula is C13H27NO. The Kier molecular flexibility index (Phi) is 7.03. The molecule has 1 saturated carbocycles. The molecule has 2 nitrogen and oxygen atoms in total. The Labute approximate surface area is 94.8 Å². The summed E-state index contributed by atoms with van der Waals surface area (Å²) in [6, 6.07) is 0.794. The van der Waals surface area contributed by atoms with Gasteiger partial charge in [0.1, 0.15) is 0 Å². The van der Waals surface area contributed by atoms with Crippen LogP contribution in [-0.2, 0) is 4.74 Å². The summed E-state index contributed by atoms with van der Waals surface area (Å²) in [5, 5.41) is 3.70. The van der Waals surface area contributed by atoms with E-state index in [4.69, 9.17) is 4.74 Å². The molecule has 1 N–H and O–H groups in total. The fraction of sp³-hybridized carbons (Fsp3) is 1.00. The van der Waals surface area contributed by atoms with Crippen molar-refractivity contribution in [1.29, 1.82) is 0 Å². The third-order valence-electron chi connectivity index (χ3n) is 3.38. The van der Waals surface area contributed by atoms with Crippen LogP contribution < -0.4 is 5.32 Å². The average Bonchev–Trinajstić information content (AvgIpc) is 2.47. The first-order valence-corrected chi connectivity index (χ1v) is 6.55. The molecule has 90 valence electrons. The van der Waals surface area contributed by atoms with Gasteiger partial charge in [-0.1, -0.05) is 32.6 Å². The maximum Gasteiger partial charge on any atom is 0.0488 e. The first-order chi connectivity index (χ1) is 7.33. The molecule has 1 unspecified atom stereocenters. The van der Waals surface area contributed by atoms with Crippen molar-refractivity contribution in [2.45, 2.75) is 57.9 Å². The minimum Gasteiger partial charge on any atom is -0.384 e. The number of methoxy groups -OCH3 is 1. The molecule has 1 rings (SSSR count). The Balaban J connectivity index is 2.02. The highest BCUT2D eigenvalue weighted by Crippen LogP contribution is 2.17. The van der Waals surface area contributed by atoms with Gasteiger partial charge in [0.15, 0.2) is 0 Å². The summed E-state index contributed by atoms with van der Waals surface area (Å²) in [4.78, 5) is 0. The predicted octanol–water partition coefficient (Wildman–Crippen LogP) is 2.97. The second-order valence-corrected chi connectivity index (χ2v) is 4.99. The average molecular weight is 213 g/mol. The number of nitrogens with one attached hydrogen (secondary N) is 1. The molecule has 0 bridgehead atoms. The fourth-order valence-corrected chi connectivity index (χ4v) is 2.39. The Morgan fingerprint density at radius 1 is 1.20 bits per heavy atom. The van der Waals surface area contributed by atoms with E-state index in [1.54, 1.807) is 7.11 Å². The summed E-state index contributed by atoms with van der Waals surface area (Å²) in [5.41, 5.74) is 0. The second-order valence-electron chi connectivity index (χ2n) is 4.99. The summed E-state index contributed by atoms with van der Waals surface area (Å²) >= 11 is 0. The van der Waals surface area contributed by atoms with Crippen molar-refractivity contribution in [3.05, 3.63) is 0 Å². The minimum absolute atomic E-state index is 0.688. The van der Waals surface area contributed by atoms with Crippen molar-refractivity contribution in [1.82, 2.24) is 5.32 Å². The van der Waals surface area contributed by atoms with Gasteiger partial charge in [-0.05, 0) is 31.7 Å². The van der Waals surface area contributed by atoms with E-state index in [0.29, 0.717) is 5.92 Å². The smallest absolute Gasteiger partial charge is 0.0488 e. The molecule has 0 aliphatic heterocycles. The fourth-order valence-electron chi connectivity index (χ4n) is 2.39. The Bertz CT molecular complexity index is 141. The first-order valence-electron chi connectivity index (χ1n) is 6.55. The van der Waals surface area contributed by atoms with Crippen LogP contribution in [0.3, 0.4) is 0 Å². The Morgan fingerprint density at radius 2 is 1.87 bits per heavy atom. The monoisotopic (exact) mass is 213 g/mol. The van der Waals surface area contributed by atoms with Gasteiger partial charge in [-0.2, -0.15) is 0 Å². The number of hydrogen-bond acceptors (Lipinski definition) is 2. The van der Waals surface area contributed by atoms with Crippen LogP contribution in [0.25, 0.3) is 0 Å². The van der Waals surface area contributed by atoms with Gasteiger partial charge in [0.05, 0.1) is 0 Å². The quantitative estimate of drug-likeness (QED) is 0.685. The van der Waals surface area contributed by atoms with E-state index < -0.39 is 0 Å². The first kappa shape index (κ1) is 13.0. The van der Waals surface area contributed by atoms with Gasteiger partial charge in [-0.25, -0.2) is 0 Å². The van der Waals surface area contributed by atoms with Gasteiger partial charge in [0, 0.05) is 19.8 Å². The van der Waals surface area contributed by atoms with Gasteiger partial charge < -0.3 is 10.1 Å². The van der Waals surface area contributed by atoms with Crippen LogP contribution in [0.15, 0.2) is 0 Å². The lowest BCUT2D eigenvalue weighted by molar-refractivity contribution is 0.155. The van der Waals surface area contributed by atoms with E-state index in [1.807, 2.05) is 0 Å². The van der Waals surface area contributed by atoms with E-state index >= 15 is 0 Å². The van der Waals surface area contributed by atoms with Crippen molar-refractivity contribution >= 4 is 0 Å². The number of ether oxygens (including phenoxy) is 1. The van der Waals surface area contributed by atoms with E-state index in [0.717, 1.165) is 19.2 Å². The molecule has 0 amide bonds. The number of rotatable bonds is 6. The van der Waals surface area contributed by atoms with Crippen LogP contribution >= 0.6 is 0 Å². The lowest BCUT2D eigenvalue weighted by atomic mass is 10.1. The minimum atomic E-state index is 0.688. The summed E-state index contributed by atoms with van der Waals surface area (Å²) in [6.45, 7) is 4.32. The van der Waals surface area contributed by atoms with Gasteiger partial charge >= 0.3 is 0 Å². The Morgan fingerprint density at radius 3 is 2.47 bits per heavy atom. The molecule has 1 atom stereocenters. The predicted molar refractivity (Wildman–Crippen MR) is 65.1 cm³/mol. The molecule has 0 saturated heterocycles. The maximum absolute atomic E-state index is 5.14. The van der Waals surface area contributed by atoms with Crippen LogP contribution in [0.5, 0.6) is 0 Å². The number of hydrogen-bond donors (Lipinski definition) is 1. The molecule has 0 aromatic rings. The third-order valence-corrected chi connectivity index (χ3v) is 3.38. The SMILES string of the molecule is COCC(C)CCNC1CCCCCC1. The standard InChI is InChI=1S/C13H27NO/c1-12(11-15-2)9-10-14-13-7-5-3-4-6-8-13/h12-14H,3-11H2,1-2H3. The highest BCUT2D eigenvalue weighted by Gasteiger charge is 2.11. The third kappa shape index (κ3) is 6.16. The molecule has 0 aromatic heterocycles. The van der Waals surface area contributed by atoms with Crippen LogP contribution in [0, 0.1) is 5.92 Å². The van der Waals surface area contributed by atoms with Crippen molar-refractivity contribution < 1.29 is 4.74 Å². The lowest BCUT2D eigenvalue weighted by Gasteiger charge is -2.17. The molecule has 15 heavy (non-hydrogen) atoms. The zero-order chi connectivity index (χ0) is 10.9. The molecule has 0 heterocycles. The molecular weight excluding hydrogens is 186 g/mol. The maximum atomic E-state index is 5.14. The van der Waals surface area contributed by atoms with Crippen LogP contribution in [0.2, 0.25) is 0 Å². The zero-order valence-corrected chi connectivity index (χ0v) is 10.4. The lowest BCUT2D eigenvalue weighted by Crippen LogP contribution is -2.30. The largest absolute Gasteiger partial charge is 0.384 e. The highest BCUT2D eigenvalue weighted by atomic mass is 16.5. The van der Waals surface area contributed by atoms with E-state index in [-0.39, 0.29) is 0 Å². The molecule has 0 spiro atoms. The van der Waals surface area contributed by atoms with Crippen molar-refractivity contribution in [3.63, 3.8) is 0 Å². The molecule has 0 radical (unpaired) electrons. The summed E-state index contributed by atoms with van der Waals surface area (Å²) in [6.07, 6.45) is 9.74. The van der Waals surface area contributed by atoms with E-state index in [2.05, 4.69) is 12.2 Å². The second kappa shape index (κ2) is 8.12. The Hall–Kier alpha value is -0.0800. The molecule has 2 heteroatoms. The van der Waals surface area contributed by atoms with Gasteiger partial charge in [-0.3, -0.25) is 0 Å². The normalized spacial score (nSPS) is 21.2. The van der Waals surface area contributed by atoms with Gasteiger partial charge in [-0.15, -0.1) is 0 Å². The van der Waals surface area contributed by atoms with Crippen LogP contribution in [-0.4, -0.2) is 26.3 Å². The molecule has 1 aliphatic carbocycles. The van der Waals surface area contributed by atoms with E-state index in [9.17, 15) is 0 Å². The zero-order valence-electron chi connectivity index (χ0n) is 10.4. The topological polar surface area (TPSA) is 21.3 Å². The molecule has 0 aromatic carbocycles. The van der Waals surface area contributed by atoms with Crippen LogP contribution in [0.4, 0.5) is 0 Å². The van der Waals surface area contributed by atoms with Crippen molar-refractivity contribution in [2.24, 2.45) is 5.92 Å². The summed E-state index contributed by atoms with van der Waals surface area (Å²) in [5.74, 6) is 0.688. The summed E-state index contributed by atoms with van der Waals surface area (Å²) in [7, 11) is 1.79. The van der Waals surface area contributed by atoms with Gasteiger partial charge in [0.2, 0.25) is 0 Å². The van der Waals surface area contributed by atoms with Crippen molar-refractivity contribution in [3.8, 4) is 0 Å².